The highest BCUT2D eigenvalue weighted by Gasteiger charge is 2.27. The van der Waals surface area contributed by atoms with Crippen molar-refractivity contribution in [2.75, 3.05) is 19.8 Å². The fourth-order valence-electron chi connectivity index (χ4n) is 0.749. The van der Waals surface area contributed by atoms with Gasteiger partial charge in [0, 0.05) is 6.61 Å². The van der Waals surface area contributed by atoms with E-state index in [1.807, 2.05) is 13.8 Å². The molecule has 0 aromatic heterocycles. The third-order valence-corrected chi connectivity index (χ3v) is 2.01. The van der Waals surface area contributed by atoms with Crippen LogP contribution in [0.2, 0.25) is 0 Å². The van der Waals surface area contributed by atoms with Crippen molar-refractivity contribution in [1.82, 2.24) is 0 Å². The van der Waals surface area contributed by atoms with Gasteiger partial charge in [-0.25, -0.2) is 0 Å². The van der Waals surface area contributed by atoms with E-state index in [0.29, 0.717) is 19.6 Å². The van der Waals surface area contributed by atoms with Crippen LogP contribution in [-0.4, -0.2) is 31.3 Å². The Labute approximate surface area is 85.8 Å². The van der Waals surface area contributed by atoms with Gasteiger partial charge in [0.1, 0.15) is 12.1 Å². The van der Waals surface area contributed by atoms with E-state index in [9.17, 15) is 4.79 Å². The Morgan fingerprint density at radius 2 is 1.93 bits per heavy atom. The molecule has 0 aliphatic carbocycles. The van der Waals surface area contributed by atoms with Crippen LogP contribution in [0, 0.1) is 0 Å². The summed E-state index contributed by atoms with van der Waals surface area (Å²) < 4.78 is 10.1. The maximum atomic E-state index is 11.3. The molecule has 0 rings (SSSR count). The quantitative estimate of drug-likeness (QED) is 0.497. The zero-order chi connectivity index (χ0) is 11.0. The molecule has 84 valence electrons. The number of hydrogen-bond donors (Lipinski definition) is 1. The maximum absolute atomic E-state index is 11.3. The van der Waals surface area contributed by atoms with Crippen molar-refractivity contribution in [2.45, 2.75) is 39.2 Å². The monoisotopic (exact) mass is 203 g/mol. The van der Waals surface area contributed by atoms with Crippen LogP contribution in [-0.2, 0) is 14.3 Å². The van der Waals surface area contributed by atoms with E-state index in [0.717, 1.165) is 6.42 Å². The first kappa shape index (κ1) is 13.4. The fraction of sp³-hybridized carbons (Fsp3) is 0.900. The number of rotatable bonds is 7. The summed E-state index contributed by atoms with van der Waals surface area (Å²) >= 11 is 0. The molecule has 4 nitrogen and oxygen atoms in total. The zero-order valence-corrected chi connectivity index (χ0v) is 9.34. The van der Waals surface area contributed by atoms with Gasteiger partial charge >= 0.3 is 5.97 Å². The van der Waals surface area contributed by atoms with E-state index in [1.54, 1.807) is 6.92 Å². The summed E-state index contributed by atoms with van der Waals surface area (Å²) in [4.78, 5) is 11.3. The zero-order valence-electron chi connectivity index (χ0n) is 9.34. The third kappa shape index (κ3) is 5.19. The molecular formula is C10H21NO3. The molecule has 0 fully saturated rings. The molecule has 0 heterocycles. The Morgan fingerprint density at radius 1 is 1.29 bits per heavy atom. The number of nitrogens with two attached hydrogens (primary N) is 1. The molecule has 1 unspecified atom stereocenters. The predicted molar refractivity (Wildman–Crippen MR) is 55.0 cm³/mol. The van der Waals surface area contributed by atoms with E-state index in [4.69, 9.17) is 15.2 Å². The Morgan fingerprint density at radius 3 is 2.43 bits per heavy atom. The summed E-state index contributed by atoms with van der Waals surface area (Å²) in [6, 6.07) is 0. The van der Waals surface area contributed by atoms with E-state index in [1.165, 1.54) is 0 Å². The largest absolute Gasteiger partial charge is 0.462 e. The van der Waals surface area contributed by atoms with Gasteiger partial charge < -0.3 is 15.2 Å². The highest BCUT2D eigenvalue weighted by molar-refractivity contribution is 5.79. The summed E-state index contributed by atoms with van der Waals surface area (Å²) in [5.74, 6) is -0.361. The molecule has 4 heteroatoms. The van der Waals surface area contributed by atoms with Gasteiger partial charge in [-0.3, -0.25) is 4.79 Å². The molecular weight excluding hydrogens is 182 g/mol. The highest BCUT2D eigenvalue weighted by atomic mass is 16.6. The number of hydrogen-bond acceptors (Lipinski definition) is 4. The van der Waals surface area contributed by atoms with Gasteiger partial charge in [-0.05, 0) is 19.8 Å². The molecule has 0 aromatic carbocycles. The van der Waals surface area contributed by atoms with Gasteiger partial charge in [-0.2, -0.15) is 0 Å². The van der Waals surface area contributed by atoms with Crippen molar-refractivity contribution in [3.63, 3.8) is 0 Å². The normalized spacial score (nSPS) is 14.9. The van der Waals surface area contributed by atoms with Crippen molar-refractivity contribution < 1.29 is 14.3 Å². The molecule has 1 atom stereocenters. The van der Waals surface area contributed by atoms with E-state index in [2.05, 4.69) is 0 Å². The van der Waals surface area contributed by atoms with Crippen LogP contribution < -0.4 is 5.73 Å². The Hall–Kier alpha value is -0.610. The van der Waals surface area contributed by atoms with Crippen molar-refractivity contribution >= 4 is 5.97 Å². The number of carbonyl (C=O) groups is 1. The second kappa shape index (κ2) is 6.79. The molecule has 0 saturated carbocycles. The topological polar surface area (TPSA) is 61.5 Å². The third-order valence-electron chi connectivity index (χ3n) is 2.01. The Bertz CT molecular complexity index is 169. The molecule has 0 spiro atoms. The van der Waals surface area contributed by atoms with Crippen LogP contribution in [0.5, 0.6) is 0 Å². The number of ether oxygens (including phenoxy) is 2. The Kier molecular flexibility index (Phi) is 6.49. The summed E-state index contributed by atoms with van der Waals surface area (Å²) in [5.41, 5.74) is 4.81. The van der Waals surface area contributed by atoms with Crippen LogP contribution in [0.1, 0.15) is 33.6 Å². The van der Waals surface area contributed by atoms with E-state index < -0.39 is 5.54 Å². The maximum Gasteiger partial charge on any atom is 0.325 e. The molecule has 0 aromatic rings. The summed E-state index contributed by atoms with van der Waals surface area (Å²) in [6.07, 6.45) is 1.54. The van der Waals surface area contributed by atoms with Gasteiger partial charge in [-0.1, -0.05) is 13.8 Å². The van der Waals surface area contributed by atoms with Gasteiger partial charge in [-0.15, -0.1) is 0 Å². The van der Waals surface area contributed by atoms with Crippen LogP contribution in [0.4, 0.5) is 0 Å². The lowest BCUT2D eigenvalue weighted by Crippen LogP contribution is -2.45. The molecule has 2 N–H and O–H groups in total. The summed E-state index contributed by atoms with van der Waals surface area (Å²) in [7, 11) is 0. The minimum absolute atomic E-state index is 0.283. The molecule has 14 heavy (non-hydrogen) atoms. The van der Waals surface area contributed by atoms with Crippen molar-refractivity contribution in [3.05, 3.63) is 0 Å². The van der Waals surface area contributed by atoms with Gasteiger partial charge in [0.25, 0.3) is 0 Å². The number of carbonyl (C=O) groups excluding carboxylic acids is 1. The first-order valence-electron chi connectivity index (χ1n) is 5.08. The van der Waals surface area contributed by atoms with E-state index in [-0.39, 0.29) is 12.6 Å². The molecule has 0 aliphatic heterocycles. The van der Waals surface area contributed by atoms with Crippen LogP contribution in [0.15, 0.2) is 0 Å². The average Bonchev–Trinajstić information content (AvgIpc) is 2.17. The van der Waals surface area contributed by atoms with Gasteiger partial charge in [0.05, 0.1) is 6.61 Å². The lowest BCUT2D eigenvalue weighted by Gasteiger charge is -2.20. The summed E-state index contributed by atoms with van der Waals surface area (Å²) in [6.45, 7) is 6.98. The van der Waals surface area contributed by atoms with Gasteiger partial charge in [0.15, 0.2) is 0 Å². The second-order valence-corrected chi connectivity index (χ2v) is 3.52. The summed E-state index contributed by atoms with van der Waals surface area (Å²) in [5, 5.41) is 0. The smallest absolute Gasteiger partial charge is 0.325 e. The molecule has 0 aliphatic rings. The average molecular weight is 203 g/mol. The molecule has 0 amide bonds. The standard InChI is InChI=1S/C10H21NO3/c1-4-6-13-7-8-14-9(12)10(3,11)5-2/h4-8,11H2,1-3H3. The molecule has 0 saturated heterocycles. The minimum atomic E-state index is -0.870. The Balaban J connectivity index is 3.54. The molecule has 0 radical (unpaired) electrons. The van der Waals surface area contributed by atoms with Crippen LogP contribution >= 0.6 is 0 Å². The minimum Gasteiger partial charge on any atom is -0.462 e. The SMILES string of the molecule is CCCOCCOC(=O)C(C)(N)CC. The van der Waals surface area contributed by atoms with Crippen molar-refractivity contribution in [3.8, 4) is 0 Å². The lowest BCUT2D eigenvalue weighted by atomic mass is 10.0. The van der Waals surface area contributed by atoms with Crippen molar-refractivity contribution in [2.24, 2.45) is 5.73 Å². The number of esters is 1. The van der Waals surface area contributed by atoms with Crippen LogP contribution in [0.3, 0.4) is 0 Å². The van der Waals surface area contributed by atoms with Crippen molar-refractivity contribution in [1.29, 1.82) is 0 Å². The van der Waals surface area contributed by atoms with Crippen LogP contribution in [0.25, 0.3) is 0 Å². The first-order valence-corrected chi connectivity index (χ1v) is 5.08. The highest BCUT2D eigenvalue weighted by Crippen LogP contribution is 2.06. The van der Waals surface area contributed by atoms with E-state index >= 15 is 0 Å². The molecule has 0 bridgehead atoms. The lowest BCUT2D eigenvalue weighted by molar-refractivity contribution is -0.151. The predicted octanol–water partition coefficient (Wildman–Crippen LogP) is 1.08. The second-order valence-electron chi connectivity index (χ2n) is 3.52. The van der Waals surface area contributed by atoms with Gasteiger partial charge in [0.2, 0.25) is 0 Å². The first-order chi connectivity index (χ1) is 6.54. The fourth-order valence-corrected chi connectivity index (χ4v) is 0.749.